The number of urea groups is 1. The van der Waals surface area contributed by atoms with E-state index in [4.69, 9.17) is 5.11 Å². The summed E-state index contributed by atoms with van der Waals surface area (Å²) in [6.07, 6.45) is 5.80. The Morgan fingerprint density at radius 1 is 1.25 bits per heavy atom. The van der Waals surface area contributed by atoms with Gasteiger partial charge in [0.25, 0.3) is 0 Å². The number of amides is 2. The van der Waals surface area contributed by atoms with Gasteiger partial charge in [-0.3, -0.25) is 4.79 Å². The molecule has 0 bridgehead atoms. The lowest BCUT2D eigenvalue weighted by atomic mass is 9.92. The number of hydrogen-bond donors (Lipinski definition) is 1. The molecule has 0 aromatic rings. The average Bonchev–Trinajstić information content (AvgIpc) is 2.93. The van der Waals surface area contributed by atoms with Crippen molar-refractivity contribution in [2.75, 3.05) is 13.1 Å². The van der Waals surface area contributed by atoms with Crippen LogP contribution in [0.15, 0.2) is 0 Å². The van der Waals surface area contributed by atoms with E-state index in [2.05, 4.69) is 0 Å². The molecule has 2 atom stereocenters. The molecule has 5 heteroatoms. The summed E-state index contributed by atoms with van der Waals surface area (Å²) in [6, 6.07) is 0.514. The van der Waals surface area contributed by atoms with Gasteiger partial charge in [-0.1, -0.05) is 12.8 Å². The lowest BCUT2D eigenvalue weighted by molar-refractivity contribution is -0.143. The van der Waals surface area contributed by atoms with E-state index in [0.717, 1.165) is 19.4 Å². The summed E-state index contributed by atoms with van der Waals surface area (Å²) in [6.45, 7) is 5.32. The van der Waals surface area contributed by atoms with E-state index in [-0.39, 0.29) is 18.0 Å². The lowest BCUT2D eigenvalue weighted by Crippen LogP contribution is -2.53. The summed E-state index contributed by atoms with van der Waals surface area (Å²) in [5.74, 6) is -1.03. The van der Waals surface area contributed by atoms with Crippen LogP contribution in [0.3, 0.4) is 0 Å². The summed E-state index contributed by atoms with van der Waals surface area (Å²) < 4.78 is 0. The maximum atomic E-state index is 12.7. The van der Waals surface area contributed by atoms with Gasteiger partial charge < -0.3 is 14.9 Å². The van der Waals surface area contributed by atoms with Crippen molar-refractivity contribution in [3.8, 4) is 0 Å². The molecule has 1 aliphatic carbocycles. The van der Waals surface area contributed by atoms with Gasteiger partial charge >= 0.3 is 12.0 Å². The Hall–Kier alpha value is -1.26. The SMILES string of the molecule is CCN(C(=O)N1CCC(C(=O)O)CC1C)C1CCCC1. The monoisotopic (exact) mass is 282 g/mol. The van der Waals surface area contributed by atoms with E-state index in [1.807, 2.05) is 23.6 Å². The molecular formula is C15H26N2O3. The van der Waals surface area contributed by atoms with E-state index < -0.39 is 5.97 Å². The van der Waals surface area contributed by atoms with E-state index in [1.54, 1.807) is 0 Å². The predicted octanol–water partition coefficient (Wildman–Crippen LogP) is 2.56. The molecular weight excluding hydrogens is 256 g/mol. The lowest BCUT2D eigenvalue weighted by Gasteiger charge is -2.40. The maximum absolute atomic E-state index is 12.7. The van der Waals surface area contributed by atoms with Crippen molar-refractivity contribution in [3.63, 3.8) is 0 Å². The number of carbonyl (C=O) groups excluding carboxylic acids is 1. The van der Waals surface area contributed by atoms with Crippen molar-refractivity contribution in [3.05, 3.63) is 0 Å². The fourth-order valence-corrected chi connectivity index (χ4v) is 3.61. The van der Waals surface area contributed by atoms with Crippen LogP contribution in [0.2, 0.25) is 0 Å². The van der Waals surface area contributed by atoms with Crippen LogP contribution in [0.4, 0.5) is 4.79 Å². The second kappa shape index (κ2) is 6.46. The smallest absolute Gasteiger partial charge is 0.320 e. The zero-order valence-electron chi connectivity index (χ0n) is 12.5. The molecule has 2 aliphatic rings. The number of hydrogen-bond acceptors (Lipinski definition) is 2. The first-order valence-electron chi connectivity index (χ1n) is 7.84. The molecule has 1 heterocycles. The Kier molecular flexibility index (Phi) is 4.89. The van der Waals surface area contributed by atoms with Crippen LogP contribution < -0.4 is 0 Å². The summed E-state index contributed by atoms with van der Waals surface area (Å²) in [5, 5.41) is 9.09. The van der Waals surface area contributed by atoms with E-state index in [9.17, 15) is 9.59 Å². The molecule has 0 radical (unpaired) electrons. The number of rotatable bonds is 3. The topological polar surface area (TPSA) is 60.9 Å². The first kappa shape index (κ1) is 15.1. The first-order chi connectivity index (χ1) is 9.54. The first-order valence-corrected chi connectivity index (χ1v) is 7.84. The minimum absolute atomic E-state index is 0.0211. The van der Waals surface area contributed by atoms with Gasteiger partial charge in [-0.05, 0) is 39.5 Å². The summed E-state index contributed by atoms with van der Waals surface area (Å²) in [7, 11) is 0. The largest absolute Gasteiger partial charge is 0.481 e. The number of carboxylic acid groups (broad SMARTS) is 1. The van der Waals surface area contributed by atoms with Gasteiger partial charge in [-0.15, -0.1) is 0 Å². The molecule has 0 aromatic heterocycles. The van der Waals surface area contributed by atoms with Crippen LogP contribution in [0.5, 0.6) is 0 Å². The molecule has 5 nitrogen and oxygen atoms in total. The third kappa shape index (κ3) is 3.07. The van der Waals surface area contributed by atoms with E-state index >= 15 is 0 Å². The molecule has 1 aliphatic heterocycles. The highest BCUT2D eigenvalue weighted by Gasteiger charge is 2.36. The van der Waals surface area contributed by atoms with Crippen molar-refractivity contribution in [1.29, 1.82) is 0 Å². The van der Waals surface area contributed by atoms with Gasteiger partial charge in [-0.25, -0.2) is 4.79 Å². The van der Waals surface area contributed by atoms with Gasteiger partial charge in [0.05, 0.1) is 5.92 Å². The summed E-state index contributed by atoms with van der Waals surface area (Å²) in [4.78, 5) is 27.6. The average molecular weight is 282 g/mol. The third-order valence-electron chi connectivity index (χ3n) is 4.82. The highest BCUT2D eigenvalue weighted by atomic mass is 16.4. The second-order valence-corrected chi connectivity index (χ2v) is 6.11. The fraction of sp³-hybridized carbons (Fsp3) is 0.867. The number of carbonyl (C=O) groups is 2. The number of likely N-dealkylation sites (tertiary alicyclic amines) is 1. The van der Waals surface area contributed by atoms with Crippen LogP contribution >= 0.6 is 0 Å². The molecule has 1 saturated heterocycles. The van der Waals surface area contributed by atoms with Gasteiger partial charge in [-0.2, -0.15) is 0 Å². The Bertz CT molecular complexity index is 366. The van der Waals surface area contributed by atoms with E-state index in [0.29, 0.717) is 25.4 Å². The minimum atomic E-state index is -0.730. The van der Waals surface area contributed by atoms with Crippen LogP contribution in [-0.4, -0.2) is 52.1 Å². The quantitative estimate of drug-likeness (QED) is 0.865. The molecule has 2 amide bonds. The highest BCUT2D eigenvalue weighted by molar-refractivity contribution is 5.76. The van der Waals surface area contributed by atoms with Crippen LogP contribution in [0.25, 0.3) is 0 Å². The van der Waals surface area contributed by atoms with Gasteiger partial charge in [0, 0.05) is 25.2 Å². The normalized spacial score (nSPS) is 27.6. The van der Waals surface area contributed by atoms with Crippen LogP contribution in [0.1, 0.15) is 52.4 Å². The number of carboxylic acids is 1. The molecule has 20 heavy (non-hydrogen) atoms. The standard InChI is InChI=1S/C15H26N2O3/c1-3-16(13-6-4-5-7-13)15(20)17-9-8-12(14(18)19)10-11(17)2/h11-13H,3-10H2,1-2H3,(H,18,19). The third-order valence-corrected chi connectivity index (χ3v) is 4.82. The van der Waals surface area contributed by atoms with Crippen molar-refractivity contribution >= 4 is 12.0 Å². The fourth-order valence-electron chi connectivity index (χ4n) is 3.61. The van der Waals surface area contributed by atoms with Crippen LogP contribution in [0, 0.1) is 5.92 Å². The van der Waals surface area contributed by atoms with Gasteiger partial charge in [0.15, 0.2) is 0 Å². The second-order valence-electron chi connectivity index (χ2n) is 6.11. The zero-order valence-corrected chi connectivity index (χ0v) is 12.5. The van der Waals surface area contributed by atoms with E-state index in [1.165, 1.54) is 12.8 Å². The number of aliphatic carboxylic acids is 1. The zero-order chi connectivity index (χ0) is 14.7. The highest BCUT2D eigenvalue weighted by Crippen LogP contribution is 2.28. The number of nitrogens with zero attached hydrogens (tertiary/aromatic N) is 2. The molecule has 1 saturated carbocycles. The Balaban J connectivity index is 1.99. The van der Waals surface area contributed by atoms with Gasteiger partial charge in [0.2, 0.25) is 0 Å². The Morgan fingerprint density at radius 3 is 2.40 bits per heavy atom. The molecule has 0 aromatic carbocycles. The van der Waals surface area contributed by atoms with Crippen molar-refractivity contribution in [2.24, 2.45) is 5.92 Å². The number of piperidine rings is 1. The van der Waals surface area contributed by atoms with Crippen molar-refractivity contribution < 1.29 is 14.7 Å². The van der Waals surface area contributed by atoms with Crippen molar-refractivity contribution in [1.82, 2.24) is 9.80 Å². The Morgan fingerprint density at radius 2 is 1.90 bits per heavy atom. The molecule has 2 unspecified atom stereocenters. The summed E-state index contributed by atoms with van der Waals surface area (Å²) >= 11 is 0. The maximum Gasteiger partial charge on any atom is 0.320 e. The minimum Gasteiger partial charge on any atom is -0.481 e. The Labute approximate surface area is 120 Å². The molecule has 0 spiro atoms. The molecule has 2 fully saturated rings. The van der Waals surface area contributed by atoms with Crippen LogP contribution in [-0.2, 0) is 4.79 Å². The van der Waals surface area contributed by atoms with Crippen molar-refractivity contribution in [2.45, 2.75) is 64.5 Å². The molecule has 2 rings (SSSR count). The predicted molar refractivity (Wildman–Crippen MR) is 76.6 cm³/mol. The van der Waals surface area contributed by atoms with Gasteiger partial charge in [0.1, 0.15) is 0 Å². The summed E-state index contributed by atoms with van der Waals surface area (Å²) in [5.41, 5.74) is 0. The molecule has 1 N–H and O–H groups in total. The molecule has 114 valence electrons.